The van der Waals surface area contributed by atoms with Gasteiger partial charge in [0, 0.05) is 24.9 Å². The van der Waals surface area contributed by atoms with Crippen molar-refractivity contribution in [2.24, 2.45) is 5.92 Å². The summed E-state index contributed by atoms with van der Waals surface area (Å²) in [4.78, 5) is 14.4. The van der Waals surface area contributed by atoms with Crippen LogP contribution in [0.4, 0.5) is 0 Å². The highest BCUT2D eigenvalue weighted by Gasteiger charge is 2.37. The Morgan fingerprint density at radius 3 is 2.63 bits per heavy atom. The summed E-state index contributed by atoms with van der Waals surface area (Å²) < 4.78 is 0. The van der Waals surface area contributed by atoms with Crippen molar-refractivity contribution in [1.82, 2.24) is 4.90 Å². The van der Waals surface area contributed by atoms with Crippen molar-refractivity contribution in [3.63, 3.8) is 0 Å². The Bertz CT molecular complexity index is 454. The van der Waals surface area contributed by atoms with E-state index in [1.165, 1.54) is 12.0 Å². The molecule has 2 aliphatic rings. The monoisotopic (exact) mass is 259 g/mol. The molecular weight excluding hydrogens is 238 g/mol. The molecule has 0 amide bonds. The van der Waals surface area contributed by atoms with Crippen LogP contribution in [0.2, 0.25) is 0 Å². The summed E-state index contributed by atoms with van der Waals surface area (Å²) in [5.74, 6) is 1.06. The lowest BCUT2D eigenvalue weighted by Gasteiger charge is -2.28. The van der Waals surface area contributed by atoms with Crippen molar-refractivity contribution in [3.05, 3.63) is 29.8 Å². The van der Waals surface area contributed by atoms with E-state index in [-0.39, 0.29) is 5.92 Å². The zero-order chi connectivity index (χ0) is 13.2. The molecule has 3 heteroatoms. The lowest BCUT2D eigenvalue weighted by Crippen LogP contribution is -2.36. The fourth-order valence-electron chi connectivity index (χ4n) is 3.59. The van der Waals surface area contributed by atoms with Gasteiger partial charge in [0.1, 0.15) is 11.5 Å². The second-order valence-corrected chi connectivity index (χ2v) is 5.81. The third-order valence-corrected chi connectivity index (χ3v) is 4.55. The van der Waals surface area contributed by atoms with E-state index in [1.807, 2.05) is 12.1 Å². The number of nitrogens with zero attached hydrogens (tertiary/aromatic N) is 1. The first-order valence-corrected chi connectivity index (χ1v) is 7.29. The van der Waals surface area contributed by atoms with Gasteiger partial charge in [0.2, 0.25) is 0 Å². The van der Waals surface area contributed by atoms with Crippen molar-refractivity contribution in [2.45, 2.75) is 44.7 Å². The number of phenolic OH excluding ortho intramolecular Hbond substituents is 1. The number of hydrogen-bond donors (Lipinski definition) is 1. The highest BCUT2D eigenvalue weighted by molar-refractivity contribution is 5.83. The molecule has 0 radical (unpaired) electrons. The minimum absolute atomic E-state index is 0.277. The maximum absolute atomic E-state index is 11.9. The van der Waals surface area contributed by atoms with Crippen molar-refractivity contribution in [2.75, 3.05) is 6.54 Å². The van der Waals surface area contributed by atoms with Crippen molar-refractivity contribution in [1.29, 1.82) is 0 Å². The average Bonchev–Trinajstić information content (AvgIpc) is 3.01. The van der Waals surface area contributed by atoms with Crippen LogP contribution >= 0.6 is 0 Å². The van der Waals surface area contributed by atoms with E-state index < -0.39 is 0 Å². The lowest BCUT2D eigenvalue weighted by atomic mass is 9.95. The van der Waals surface area contributed by atoms with E-state index in [4.69, 9.17) is 0 Å². The number of hydrogen-bond acceptors (Lipinski definition) is 3. The molecule has 102 valence electrons. The van der Waals surface area contributed by atoms with Crippen molar-refractivity contribution < 1.29 is 9.90 Å². The fourth-order valence-corrected chi connectivity index (χ4v) is 3.59. The van der Waals surface area contributed by atoms with Crippen LogP contribution in [0.15, 0.2) is 24.3 Å². The molecule has 0 aromatic heterocycles. The minimum Gasteiger partial charge on any atom is -0.508 e. The molecule has 0 spiro atoms. The minimum atomic E-state index is 0.277. The highest BCUT2D eigenvalue weighted by atomic mass is 16.3. The van der Waals surface area contributed by atoms with Crippen LogP contribution in [0, 0.1) is 5.92 Å². The Labute approximate surface area is 114 Å². The van der Waals surface area contributed by atoms with E-state index in [0.29, 0.717) is 17.6 Å². The molecule has 2 fully saturated rings. The average molecular weight is 259 g/mol. The van der Waals surface area contributed by atoms with Gasteiger partial charge >= 0.3 is 0 Å². The van der Waals surface area contributed by atoms with Gasteiger partial charge in [-0.15, -0.1) is 0 Å². The van der Waals surface area contributed by atoms with Gasteiger partial charge in [-0.25, -0.2) is 0 Å². The van der Waals surface area contributed by atoms with Crippen LogP contribution in [-0.2, 0) is 11.3 Å². The second kappa shape index (κ2) is 5.33. The van der Waals surface area contributed by atoms with Crippen molar-refractivity contribution in [3.8, 4) is 5.75 Å². The first-order valence-electron chi connectivity index (χ1n) is 7.29. The number of carbonyl (C=O) groups is 1. The Morgan fingerprint density at radius 2 is 1.95 bits per heavy atom. The van der Waals surface area contributed by atoms with Gasteiger partial charge in [-0.2, -0.15) is 0 Å². The van der Waals surface area contributed by atoms with Gasteiger partial charge < -0.3 is 5.11 Å². The number of benzene rings is 1. The van der Waals surface area contributed by atoms with Crippen LogP contribution in [0.5, 0.6) is 5.75 Å². The maximum atomic E-state index is 11.9. The third kappa shape index (κ3) is 2.66. The normalized spacial score (nSPS) is 28.1. The molecule has 1 saturated carbocycles. The van der Waals surface area contributed by atoms with Crippen LogP contribution in [-0.4, -0.2) is 28.4 Å². The first kappa shape index (κ1) is 12.7. The second-order valence-electron chi connectivity index (χ2n) is 5.81. The molecule has 1 aromatic carbocycles. The van der Waals surface area contributed by atoms with Gasteiger partial charge in [0.15, 0.2) is 0 Å². The summed E-state index contributed by atoms with van der Waals surface area (Å²) in [5, 5.41) is 9.32. The topological polar surface area (TPSA) is 40.5 Å². The zero-order valence-electron chi connectivity index (χ0n) is 11.2. The SMILES string of the molecule is O=C1CCCC1C1CCCN1Cc1ccc(O)cc1. The predicted molar refractivity (Wildman–Crippen MR) is 73.9 cm³/mol. The fraction of sp³-hybridized carbons (Fsp3) is 0.562. The number of phenols is 1. The van der Waals surface area contributed by atoms with Crippen LogP contribution in [0.3, 0.4) is 0 Å². The quantitative estimate of drug-likeness (QED) is 0.907. The summed E-state index contributed by atoms with van der Waals surface area (Å²) >= 11 is 0. The van der Waals surface area contributed by atoms with Gasteiger partial charge in [0.25, 0.3) is 0 Å². The maximum Gasteiger partial charge on any atom is 0.137 e. The van der Waals surface area contributed by atoms with Crippen LogP contribution in [0.25, 0.3) is 0 Å². The predicted octanol–water partition coefficient (Wildman–Crippen LogP) is 2.73. The van der Waals surface area contributed by atoms with Gasteiger partial charge in [0.05, 0.1) is 0 Å². The van der Waals surface area contributed by atoms with Crippen LogP contribution < -0.4 is 0 Å². The van der Waals surface area contributed by atoms with E-state index in [0.717, 1.165) is 38.8 Å². The Morgan fingerprint density at radius 1 is 1.16 bits per heavy atom. The summed E-state index contributed by atoms with van der Waals surface area (Å²) in [7, 11) is 0. The molecule has 3 rings (SSSR count). The van der Waals surface area contributed by atoms with Gasteiger partial charge in [-0.1, -0.05) is 12.1 Å². The van der Waals surface area contributed by atoms with Gasteiger partial charge in [-0.3, -0.25) is 9.69 Å². The molecule has 1 aromatic rings. The number of carbonyl (C=O) groups excluding carboxylic acids is 1. The zero-order valence-corrected chi connectivity index (χ0v) is 11.2. The largest absolute Gasteiger partial charge is 0.508 e. The molecule has 0 bridgehead atoms. The Balaban J connectivity index is 1.69. The standard InChI is InChI=1S/C16H21NO2/c18-13-8-6-12(7-9-13)11-17-10-2-4-15(17)14-3-1-5-16(14)19/h6-9,14-15,18H,1-5,10-11H2. The van der Waals surface area contributed by atoms with E-state index in [1.54, 1.807) is 12.1 Å². The number of rotatable bonds is 3. The Hall–Kier alpha value is -1.35. The molecule has 1 N–H and O–H groups in total. The molecule has 1 aliphatic carbocycles. The Kier molecular flexibility index (Phi) is 3.56. The van der Waals surface area contributed by atoms with Gasteiger partial charge in [-0.05, 0) is 49.9 Å². The van der Waals surface area contributed by atoms with Crippen molar-refractivity contribution >= 4 is 5.78 Å². The van der Waals surface area contributed by atoms with E-state index in [2.05, 4.69) is 4.90 Å². The summed E-state index contributed by atoms with van der Waals surface area (Å²) in [6.45, 7) is 1.99. The number of ketones is 1. The molecule has 1 saturated heterocycles. The summed E-state index contributed by atoms with van der Waals surface area (Å²) in [5.41, 5.74) is 1.22. The molecule has 2 atom stereocenters. The number of Topliss-reactive ketones (excluding diaryl/α,β-unsaturated/α-hetero) is 1. The molecule has 1 aliphatic heterocycles. The molecular formula is C16H21NO2. The first-order chi connectivity index (χ1) is 9.24. The third-order valence-electron chi connectivity index (χ3n) is 4.55. The summed E-state index contributed by atoms with van der Waals surface area (Å²) in [6, 6.07) is 7.87. The molecule has 19 heavy (non-hydrogen) atoms. The number of likely N-dealkylation sites (tertiary alicyclic amines) is 1. The highest BCUT2D eigenvalue weighted by Crippen LogP contribution is 2.34. The number of aromatic hydroxyl groups is 1. The summed E-state index contributed by atoms with van der Waals surface area (Å²) in [6.07, 6.45) is 5.30. The van der Waals surface area contributed by atoms with E-state index >= 15 is 0 Å². The van der Waals surface area contributed by atoms with E-state index in [9.17, 15) is 9.90 Å². The van der Waals surface area contributed by atoms with Crippen LogP contribution in [0.1, 0.15) is 37.7 Å². The smallest absolute Gasteiger partial charge is 0.137 e. The molecule has 1 heterocycles. The molecule has 2 unspecified atom stereocenters. The molecule has 3 nitrogen and oxygen atoms in total. The lowest BCUT2D eigenvalue weighted by molar-refractivity contribution is -0.122.